The van der Waals surface area contributed by atoms with E-state index in [2.05, 4.69) is 4.72 Å². The van der Waals surface area contributed by atoms with Gasteiger partial charge in [-0.2, -0.15) is 0 Å². The average molecular weight is 304 g/mol. The Morgan fingerprint density at radius 3 is 2.55 bits per heavy atom. The molecule has 0 aliphatic carbocycles. The van der Waals surface area contributed by atoms with E-state index in [0.29, 0.717) is 18.5 Å². The van der Waals surface area contributed by atoms with Crippen molar-refractivity contribution in [1.29, 1.82) is 0 Å². The van der Waals surface area contributed by atoms with Gasteiger partial charge in [-0.1, -0.05) is 12.8 Å². The first-order valence-electron chi connectivity index (χ1n) is 6.54. The number of halogens is 1. The number of unbranched alkanes of at least 4 members (excludes halogenated alkanes) is 3. The highest BCUT2D eigenvalue weighted by atomic mass is 32.2. The van der Waals surface area contributed by atoms with Crippen molar-refractivity contribution in [2.75, 3.05) is 18.9 Å². The predicted octanol–water partition coefficient (Wildman–Crippen LogP) is 1.55. The molecular formula is C13H21FN2O3S. The fourth-order valence-electron chi connectivity index (χ4n) is 1.83. The van der Waals surface area contributed by atoms with Crippen molar-refractivity contribution in [3.05, 3.63) is 23.5 Å². The number of anilines is 1. The fourth-order valence-corrected chi connectivity index (χ4v) is 3.17. The fraction of sp³-hybridized carbons (Fsp3) is 0.538. The van der Waals surface area contributed by atoms with Crippen molar-refractivity contribution in [1.82, 2.24) is 4.72 Å². The molecule has 0 bridgehead atoms. The Morgan fingerprint density at radius 2 is 1.90 bits per heavy atom. The summed E-state index contributed by atoms with van der Waals surface area (Å²) in [7, 11) is -3.67. The summed E-state index contributed by atoms with van der Waals surface area (Å²) in [5.74, 6) is -0.620. The molecule has 0 saturated heterocycles. The second-order valence-corrected chi connectivity index (χ2v) is 6.41. The SMILES string of the molecule is Cc1cc(F)c(N)cc1S(=O)(=O)NCCCCCCO. The molecule has 0 aliphatic rings. The lowest BCUT2D eigenvalue weighted by Gasteiger charge is -2.10. The lowest BCUT2D eigenvalue weighted by molar-refractivity contribution is 0.282. The third-order valence-corrected chi connectivity index (χ3v) is 4.56. The van der Waals surface area contributed by atoms with Gasteiger partial charge in [-0.05, 0) is 37.5 Å². The number of aliphatic hydroxyl groups excluding tert-OH is 1. The van der Waals surface area contributed by atoms with Crippen molar-refractivity contribution in [3.8, 4) is 0 Å². The summed E-state index contributed by atoms with van der Waals surface area (Å²) in [5.41, 5.74) is 5.55. The highest BCUT2D eigenvalue weighted by Crippen LogP contribution is 2.21. The Kier molecular flexibility index (Phi) is 6.38. The Labute approximate surface area is 119 Å². The lowest BCUT2D eigenvalue weighted by atomic mass is 10.2. The molecular weight excluding hydrogens is 283 g/mol. The smallest absolute Gasteiger partial charge is 0.240 e. The molecule has 20 heavy (non-hydrogen) atoms. The van der Waals surface area contributed by atoms with E-state index in [1.54, 1.807) is 0 Å². The van der Waals surface area contributed by atoms with Crippen molar-refractivity contribution in [3.63, 3.8) is 0 Å². The van der Waals surface area contributed by atoms with E-state index in [0.717, 1.165) is 31.4 Å². The van der Waals surface area contributed by atoms with Crippen LogP contribution in [0.25, 0.3) is 0 Å². The number of hydrogen-bond acceptors (Lipinski definition) is 4. The predicted molar refractivity (Wildman–Crippen MR) is 76.3 cm³/mol. The Morgan fingerprint density at radius 1 is 1.25 bits per heavy atom. The van der Waals surface area contributed by atoms with Gasteiger partial charge in [-0.15, -0.1) is 0 Å². The molecule has 7 heteroatoms. The standard InChI is InChI=1S/C13H21FN2O3S/c1-10-8-11(14)12(15)9-13(10)20(18,19)16-6-4-2-3-5-7-17/h8-9,16-17H,2-7,15H2,1H3. The van der Waals surface area contributed by atoms with Gasteiger partial charge in [0.05, 0.1) is 10.6 Å². The molecule has 1 aromatic carbocycles. The van der Waals surface area contributed by atoms with Crippen LogP contribution in [0.3, 0.4) is 0 Å². The second-order valence-electron chi connectivity index (χ2n) is 4.67. The topological polar surface area (TPSA) is 92.4 Å². The minimum atomic E-state index is -3.67. The van der Waals surface area contributed by atoms with E-state index in [1.807, 2.05) is 0 Å². The number of rotatable bonds is 8. The summed E-state index contributed by atoms with van der Waals surface area (Å²) >= 11 is 0. The van der Waals surface area contributed by atoms with E-state index in [-0.39, 0.29) is 17.2 Å². The van der Waals surface area contributed by atoms with Crippen molar-refractivity contribution in [2.24, 2.45) is 0 Å². The monoisotopic (exact) mass is 304 g/mol. The van der Waals surface area contributed by atoms with Crippen LogP contribution in [0.1, 0.15) is 31.2 Å². The summed E-state index contributed by atoms with van der Waals surface area (Å²) in [6.45, 7) is 1.99. The zero-order valence-corrected chi connectivity index (χ0v) is 12.3. The molecule has 0 aliphatic heterocycles. The van der Waals surface area contributed by atoms with Gasteiger partial charge in [-0.25, -0.2) is 17.5 Å². The van der Waals surface area contributed by atoms with Gasteiger partial charge in [0.2, 0.25) is 10.0 Å². The first-order valence-corrected chi connectivity index (χ1v) is 8.03. The van der Waals surface area contributed by atoms with Gasteiger partial charge in [0.1, 0.15) is 5.82 Å². The van der Waals surface area contributed by atoms with Crippen molar-refractivity contribution >= 4 is 15.7 Å². The van der Waals surface area contributed by atoms with E-state index < -0.39 is 15.8 Å². The number of hydrogen-bond donors (Lipinski definition) is 3. The summed E-state index contributed by atoms with van der Waals surface area (Å²) in [6.07, 6.45) is 3.11. The van der Waals surface area contributed by atoms with Gasteiger partial charge in [0.15, 0.2) is 0 Å². The number of benzene rings is 1. The third-order valence-electron chi connectivity index (χ3n) is 2.96. The van der Waals surface area contributed by atoms with Gasteiger partial charge < -0.3 is 10.8 Å². The number of nitrogen functional groups attached to an aromatic ring is 1. The minimum Gasteiger partial charge on any atom is -0.396 e. The lowest BCUT2D eigenvalue weighted by Crippen LogP contribution is -2.25. The number of nitrogens with one attached hydrogen (secondary N) is 1. The molecule has 114 valence electrons. The van der Waals surface area contributed by atoms with Crippen LogP contribution in [0.5, 0.6) is 0 Å². The summed E-state index contributed by atoms with van der Waals surface area (Å²) in [6, 6.07) is 2.25. The maximum Gasteiger partial charge on any atom is 0.240 e. The minimum absolute atomic E-state index is 0.00626. The van der Waals surface area contributed by atoms with E-state index in [9.17, 15) is 12.8 Å². The van der Waals surface area contributed by atoms with Crippen LogP contribution in [0.15, 0.2) is 17.0 Å². The van der Waals surface area contributed by atoms with Crippen molar-refractivity contribution < 1.29 is 17.9 Å². The van der Waals surface area contributed by atoms with Gasteiger partial charge in [0.25, 0.3) is 0 Å². The molecule has 1 aromatic rings. The maximum atomic E-state index is 13.2. The highest BCUT2D eigenvalue weighted by Gasteiger charge is 2.18. The molecule has 0 aromatic heterocycles. The number of aryl methyl sites for hydroxylation is 1. The van der Waals surface area contributed by atoms with E-state index >= 15 is 0 Å². The molecule has 0 atom stereocenters. The van der Waals surface area contributed by atoms with Crippen LogP contribution in [0, 0.1) is 12.7 Å². The first-order chi connectivity index (χ1) is 9.38. The molecule has 5 nitrogen and oxygen atoms in total. The molecule has 0 spiro atoms. The summed E-state index contributed by atoms with van der Waals surface area (Å²) in [5, 5.41) is 8.63. The normalized spacial score (nSPS) is 11.8. The highest BCUT2D eigenvalue weighted by molar-refractivity contribution is 7.89. The molecule has 0 radical (unpaired) electrons. The number of sulfonamides is 1. The number of nitrogens with two attached hydrogens (primary N) is 1. The molecule has 0 unspecified atom stereocenters. The summed E-state index contributed by atoms with van der Waals surface area (Å²) in [4.78, 5) is 0.00626. The zero-order valence-electron chi connectivity index (χ0n) is 11.5. The van der Waals surface area contributed by atoms with Gasteiger partial charge >= 0.3 is 0 Å². The molecule has 0 saturated carbocycles. The van der Waals surface area contributed by atoms with Crippen LogP contribution in [0.2, 0.25) is 0 Å². The summed E-state index contributed by atoms with van der Waals surface area (Å²) < 4.78 is 39.8. The average Bonchev–Trinajstić information content (AvgIpc) is 2.37. The molecule has 4 N–H and O–H groups in total. The number of aliphatic hydroxyl groups is 1. The molecule has 0 heterocycles. The van der Waals surface area contributed by atoms with E-state index in [1.165, 1.54) is 6.92 Å². The van der Waals surface area contributed by atoms with Crippen LogP contribution in [-0.4, -0.2) is 26.7 Å². The Bertz CT molecular complexity index is 547. The van der Waals surface area contributed by atoms with Crippen LogP contribution >= 0.6 is 0 Å². The third kappa shape index (κ3) is 4.73. The van der Waals surface area contributed by atoms with Gasteiger partial charge in [-0.3, -0.25) is 0 Å². The second kappa shape index (κ2) is 7.56. The zero-order chi connectivity index (χ0) is 15.2. The molecule has 0 fully saturated rings. The largest absolute Gasteiger partial charge is 0.396 e. The van der Waals surface area contributed by atoms with Gasteiger partial charge in [0, 0.05) is 13.2 Å². The van der Waals surface area contributed by atoms with Crippen molar-refractivity contribution in [2.45, 2.75) is 37.5 Å². The van der Waals surface area contributed by atoms with Crippen LogP contribution < -0.4 is 10.5 Å². The van der Waals surface area contributed by atoms with Crippen LogP contribution in [-0.2, 0) is 10.0 Å². The Hall–Kier alpha value is -1.18. The van der Waals surface area contributed by atoms with Crippen LogP contribution in [0.4, 0.5) is 10.1 Å². The Balaban J connectivity index is 2.63. The molecule has 1 rings (SSSR count). The quantitative estimate of drug-likeness (QED) is 0.502. The first kappa shape index (κ1) is 16.9. The maximum absolute atomic E-state index is 13.2. The van der Waals surface area contributed by atoms with E-state index in [4.69, 9.17) is 10.8 Å². The molecule has 0 amide bonds.